The third kappa shape index (κ3) is 8.49. The summed E-state index contributed by atoms with van der Waals surface area (Å²) in [6.07, 6.45) is 0. The second-order valence-electron chi connectivity index (χ2n) is 6.56. The Kier molecular flexibility index (Phi) is 11.5. The van der Waals surface area contributed by atoms with E-state index in [-0.39, 0.29) is 24.0 Å². The molecule has 6 nitrogen and oxygen atoms in total. The molecule has 0 atom stereocenters. The van der Waals surface area contributed by atoms with E-state index >= 15 is 0 Å². The topological polar surface area (TPSA) is 72.1 Å². The number of nitrogens with one attached hydrogen (secondary N) is 1. The normalized spacial score (nSPS) is 11.1. The van der Waals surface area contributed by atoms with Gasteiger partial charge in [0.25, 0.3) is 0 Å². The number of halogens is 1. The number of nitrogens with zero attached hydrogens (tertiary/aromatic N) is 2. The number of anilines is 1. The van der Waals surface area contributed by atoms with E-state index in [9.17, 15) is 0 Å². The minimum atomic E-state index is 0. The molecule has 0 amide bonds. The van der Waals surface area contributed by atoms with Crippen LogP contribution in [0.2, 0.25) is 0 Å². The Labute approximate surface area is 191 Å². The molecule has 0 unspecified atom stereocenters. The van der Waals surface area contributed by atoms with Gasteiger partial charge in [0.15, 0.2) is 17.5 Å². The van der Waals surface area contributed by atoms with Crippen LogP contribution < -0.4 is 20.5 Å². The number of methoxy groups -OCH3 is 1. The molecule has 0 aliphatic rings. The van der Waals surface area contributed by atoms with E-state index in [4.69, 9.17) is 15.2 Å². The summed E-state index contributed by atoms with van der Waals surface area (Å²) in [5.41, 5.74) is 9.10. The first kappa shape index (κ1) is 25.0. The summed E-state index contributed by atoms with van der Waals surface area (Å²) in [6.45, 7) is 10.4. The molecule has 0 saturated heterocycles. The average Bonchev–Trinajstić information content (AvgIpc) is 2.70. The molecule has 3 N–H and O–H groups in total. The fourth-order valence-corrected chi connectivity index (χ4v) is 2.84. The van der Waals surface area contributed by atoms with Crippen LogP contribution in [0.15, 0.2) is 47.5 Å². The predicted octanol–water partition coefficient (Wildman–Crippen LogP) is 4.27. The zero-order valence-electron chi connectivity index (χ0n) is 17.8. The van der Waals surface area contributed by atoms with Crippen molar-refractivity contribution in [1.29, 1.82) is 0 Å². The van der Waals surface area contributed by atoms with Gasteiger partial charge >= 0.3 is 0 Å². The lowest BCUT2D eigenvalue weighted by atomic mass is 10.2. The van der Waals surface area contributed by atoms with E-state index in [0.29, 0.717) is 24.9 Å². The third-order valence-corrected chi connectivity index (χ3v) is 4.51. The minimum Gasteiger partial charge on any atom is -0.493 e. The van der Waals surface area contributed by atoms with Crippen LogP contribution in [0.3, 0.4) is 0 Å². The zero-order valence-corrected chi connectivity index (χ0v) is 20.1. The van der Waals surface area contributed by atoms with Crippen molar-refractivity contribution in [2.75, 3.05) is 38.7 Å². The van der Waals surface area contributed by atoms with Gasteiger partial charge in [-0.05, 0) is 55.4 Å². The molecule has 0 spiro atoms. The van der Waals surface area contributed by atoms with E-state index in [1.165, 1.54) is 5.56 Å². The molecule has 160 valence electrons. The fourth-order valence-electron chi connectivity index (χ4n) is 2.84. The lowest BCUT2D eigenvalue weighted by molar-refractivity contribution is 0.217. The van der Waals surface area contributed by atoms with Crippen molar-refractivity contribution < 1.29 is 9.47 Å². The summed E-state index contributed by atoms with van der Waals surface area (Å²) in [5, 5.41) is 3.11. The number of ether oxygens (including phenoxy) is 2. The highest BCUT2D eigenvalue weighted by atomic mass is 127. The van der Waals surface area contributed by atoms with Gasteiger partial charge in [-0.3, -0.25) is 0 Å². The van der Waals surface area contributed by atoms with Crippen LogP contribution in [0.4, 0.5) is 5.69 Å². The van der Waals surface area contributed by atoms with Crippen molar-refractivity contribution in [1.82, 2.24) is 4.90 Å². The van der Waals surface area contributed by atoms with Crippen LogP contribution in [0.1, 0.15) is 25.0 Å². The lowest BCUT2D eigenvalue weighted by Crippen LogP contribution is -2.27. The van der Waals surface area contributed by atoms with E-state index < -0.39 is 0 Å². The maximum atomic E-state index is 6.00. The Morgan fingerprint density at radius 3 is 2.52 bits per heavy atom. The quantitative estimate of drug-likeness (QED) is 0.283. The van der Waals surface area contributed by atoms with E-state index in [1.54, 1.807) is 7.11 Å². The van der Waals surface area contributed by atoms with Crippen molar-refractivity contribution in [3.8, 4) is 11.5 Å². The number of benzene rings is 2. The number of nitrogens with two attached hydrogens (primary N) is 1. The van der Waals surface area contributed by atoms with Crippen molar-refractivity contribution in [2.45, 2.75) is 27.3 Å². The first-order chi connectivity index (χ1) is 13.5. The van der Waals surface area contributed by atoms with Crippen LogP contribution in [-0.2, 0) is 6.54 Å². The monoisotopic (exact) mass is 512 g/mol. The SMILES string of the molecule is CCN(CC)CCOc1ccc(CN=C(N)Nc2cccc(C)c2)cc1OC.I. The molecule has 0 saturated carbocycles. The summed E-state index contributed by atoms with van der Waals surface area (Å²) in [6, 6.07) is 13.9. The number of aliphatic imine (C=N–C) groups is 1. The van der Waals surface area contributed by atoms with Crippen molar-refractivity contribution in [3.63, 3.8) is 0 Å². The summed E-state index contributed by atoms with van der Waals surface area (Å²) < 4.78 is 11.4. The Morgan fingerprint density at radius 2 is 1.86 bits per heavy atom. The van der Waals surface area contributed by atoms with Gasteiger partial charge in [-0.15, -0.1) is 24.0 Å². The first-order valence-electron chi connectivity index (χ1n) is 9.71. The summed E-state index contributed by atoms with van der Waals surface area (Å²) >= 11 is 0. The van der Waals surface area contributed by atoms with Gasteiger partial charge in [0, 0.05) is 12.2 Å². The molecule has 0 aliphatic carbocycles. The van der Waals surface area contributed by atoms with Crippen LogP contribution in [-0.4, -0.2) is 44.2 Å². The van der Waals surface area contributed by atoms with E-state index in [1.807, 2.05) is 49.4 Å². The highest BCUT2D eigenvalue weighted by molar-refractivity contribution is 14.0. The molecule has 0 fully saturated rings. The Bertz CT molecular complexity index is 779. The number of hydrogen-bond acceptors (Lipinski definition) is 4. The van der Waals surface area contributed by atoms with Gasteiger partial charge in [-0.2, -0.15) is 0 Å². The smallest absolute Gasteiger partial charge is 0.193 e. The van der Waals surface area contributed by atoms with Crippen molar-refractivity contribution in [2.24, 2.45) is 10.7 Å². The maximum Gasteiger partial charge on any atom is 0.193 e. The number of guanidine groups is 1. The Balaban J connectivity index is 0.00000420. The molecule has 0 aliphatic heterocycles. The molecule has 0 heterocycles. The van der Waals surface area contributed by atoms with Crippen molar-refractivity contribution in [3.05, 3.63) is 53.6 Å². The second kappa shape index (κ2) is 13.3. The second-order valence-corrected chi connectivity index (χ2v) is 6.56. The molecular formula is C22H33IN4O2. The van der Waals surface area contributed by atoms with Gasteiger partial charge in [0.05, 0.1) is 13.7 Å². The summed E-state index contributed by atoms with van der Waals surface area (Å²) in [5.74, 6) is 1.83. The van der Waals surface area contributed by atoms with Gasteiger partial charge in [-0.1, -0.05) is 32.0 Å². The Hall–Kier alpha value is -2.00. The van der Waals surface area contributed by atoms with Gasteiger partial charge in [0.1, 0.15) is 6.61 Å². The average molecular weight is 512 g/mol. The molecule has 29 heavy (non-hydrogen) atoms. The summed E-state index contributed by atoms with van der Waals surface area (Å²) in [7, 11) is 1.65. The number of hydrogen-bond donors (Lipinski definition) is 2. The molecule has 2 rings (SSSR count). The number of likely N-dealkylation sites (N-methyl/N-ethyl adjacent to an activating group) is 1. The predicted molar refractivity (Wildman–Crippen MR) is 132 cm³/mol. The fraction of sp³-hybridized carbons (Fsp3) is 0.409. The highest BCUT2D eigenvalue weighted by Crippen LogP contribution is 2.28. The Morgan fingerprint density at radius 1 is 1.10 bits per heavy atom. The highest BCUT2D eigenvalue weighted by Gasteiger charge is 2.07. The van der Waals surface area contributed by atoms with E-state index in [2.05, 4.69) is 29.1 Å². The lowest BCUT2D eigenvalue weighted by Gasteiger charge is -2.18. The summed E-state index contributed by atoms with van der Waals surface area (Å²) in [4.78, 5) is 6.73. The number of rotatable bonds is 10. The molecule has 0 radical (unpaired) electrons. The molecule has 2 aromatic carbocycles. The van der Waals surface area contributed by atoms with E-state index in [0.717, 1.165) is 36.6 Å². The molecule has 7 heteroatoms. The van der Waals surface area contributed by atoms with Gasteiger partial charge in [0.2, 0.25) is 0 Å². The van der Waals surface area contributed by atoms with Gasteiger partial charge < -0.3 is 25.4 Å². The minimum absolute atomic E-state index is 0. The van der Waals surface area contributed by atoms with Crippen molar-refractivity contribution >= 4 is 35.6 Å². The zero-order chi connectivity index (χ0) is 20.4. The van der Waals surface area contributed by atoms with Crippen LogP contribution in [0.5, 0.6) is 11.5 Å². The number of aryl methyl sites for hydroxylation is 1. The van der Waals surface area contributed by atoms with Crippen LogP contribution >= 0.6 is 24.0 Å². The van der Waals surface area contributed by atoms with Crippen LogP contribution in [0, 0.1) is 6.92 Å². The maximum absolute atomic E-state index is 6.00. The first-order valence-corrected chi connectivity index (χ1v) is 9.71. The van der Waals surface area contributed by atoms with Gasteiger partial charge in [-0.25, -0.2) is 4.99 Å². The third-order valence-electron chi connectivity index (χ3n) is 4.51. The largest absolute Gasteiger partial charge is 0.493 e. The molecular weight excluding hydrogens is 479 g/mol. The molecule has 0 aromatic heterocycles. The standard InChI is InChI=1S/C22H32N4O2.HI/c1-5-26(6-2)12-13-28-20-11-10-18(15-21(20)27-4)16-24-22(23)25-19-9-7-8-17(3)14-19;/h7-11,14-15H,5-6,12-13,16H2,1-4H3,(H3,23,24,25);1H. The molecule has 0 bridgehead atoms. The van der Waals surface area contributed by atoms with Crippen LogP contribution in [0.25, 0.3) is 0 Å². The molecule has 2 aromatic rings.